The molecule has 0 atom stereocenters. The Morgan fingerprint density at radius 3 is 2.70 bits per heavy atom. The van der Waals surface area contributed by atoms with Gasteiger partial charge in [0.15, 0.2) is 22.7 Å². The zero-order chi connectivity index (χ0) is 18.6. The number of furan rings is 1. The van der Waals surface area contributed by atoms with Gasteiger partial charge in [0.1, 0.15) is 11.4 Å². The van der Waals surface area contributed by atoms with Crippen LogP contribution in [0.1, 0.15) is 5.56 Å². The van der Waals surface area contributed by atoms with Gasteiger partial charge < -0.3 is 20.2 Å². The van der Waals surface area contributed by atoms with Crippen LogP contribution in [0, 0.1) is 0 Å². The maximum absolute atomic E-state index is 6.06. The van der Waals surface area contributed by atoms with Crippen molar-refractivity contribution in [1.29, 1.82) is 0 Å². The maximum Gasteiger partial charge on any atom is 0.226 e. The summed E-state index contributed by atoms with van der Waals surface area (Å²) in [6.45, 7) is 0.662. The lowest BCUT2D eigenvalue weighted by molar-refractivity contribution is 0.414. The van der Waals surface area contributed by atoms with Gasteiger partial charge in [-0.1, -0.05) is 12.1 Å². The average molecular weight is 362 g/mol. The van der Waals surface area contributed by atoms with Crippen LogP contribution < -0.4 is 15.8 Å². The van der Waals surface area contributed by atoms with Crippen molar-refractivity contribution in [3.05, 3.63) is 54.4 Å². The molecule has 0 aliphatic heterocycles. The minimum absolute atomic E-state index is 0.271. The van der Waals surface area contributed by atoms with E-state index in [4.69, 9.17) is 14.9 Å². The second-order valence-electron chi connectivity index (χ2n) is 5.86. The third-order valence-electron chi connectivity index (χ3n) is 4.06. The molecule has 1 aromatic carbocycles. The molecule has 0 radical (unpaired) electrons. The van der Waals surface area contributed by atoms with E-state index in [0.29, 0.717) is 35.1 Å². The number of nitrogen functional groups attached to an aromatic ring is 1. The molecule has 3 heterocycles. The fraction of sp³-hybridized carbons (Fsp3) is 0.158. The molecule has 0 amide bonds. The van der Waals surface area contributed by atoms with Gasteiger partial charge in [0.25, 0.3) is 0 Å². The fourth-order valence-corrected chi connectivity index (χ4v) is 2.66. The molecule has 0 aliphatic rings. The molecule has 0 unspecified atom stereocenters. The summed E-state index contributed by atoms with van der Waals surface area (Å²) in [5.74, 6) is 2.15. The van der Waals surface area contributed by atoms with E-state index in [2.05, 4.69) is 25.3 Å². The predicted molar refractivity (Wildman–Crippen MR) is 102 cm³/mol. The molecular weight excluding hydrogens is 344 g/mol. The normalized spacial score (nSPS) is 10.9. The first kappa shape index (κ1) is 16.8. The molecule has 0 spiro atoms. The number of anilines is 2. The minimum Gasteiger partial charge on any atom is -0.497 e. The lowest BCUT2D eigenvalue weighted by atomic mass is 10.1. The molecule has 0 saturated heterocycles. The highest BCUT2D eigenvalue weighted by atomic mass is 16.5. The van der Waals surface area contributed by atoms with Crippen molar-refractivity contribution in [3.8, 4) is 17.2 Å². The Kier molecular flexibility index (Phi) is 4.52. The average Bonchev–Trinajstić information content (AvgIpc) is 3.23. The Morgan fingerprint density at radius 2 is 1.96 bits per heavy atom. The molecule has 136 valence electrons. The van der Waals surface area contributed by atoms with E-state index >= 15 is 0 Å². The highest BCUT2D eigenvalue weighted by molar-refractivity contribution is 5.83. The Balaban J connectivity index is 1.48. The van der Waals surface area contributed by atoms with E-state index in [9.17, 15) is 0 Å². The molecule has 8 nitrogen and oxygen atoms in total. The van der Waals surface area contributed by atoms with Crippen LogP contribution in [-0.4, -0.2) is 33.6 Å². The maximum atomic E-state index is 6.06. The topological polar surface area (TPSA) is 112 Å². The molecule has 27 heavy (non-hydrogen) atoms. The van der Waals surface area contributed by atoms with E-state index in [0.717, 1.165) is 12.2 Å². The summed E-state index contributed by atoms with van der Waals surface area (Å²) in [7, 11) is 1.65. The van der Waals surface area contributed by atoms with E-state index in [1.807, 2.05) is 30.3 Å². The van der Waals surface area contributed by atoms with Crippen LogP contribution in [0.3, 0.4) is 0 Å². The minimum atomic E-state index is 0.271. The van der Waals surface area contributed by atoms with Gasteiger partial charge in [0.2, 0.25) is 5.95 Å². The zero-order valence-corrected chi connectivity index (χ0v) is 14.7. The highest BCUT2D eigenvalue weighted by Gasteiger charge is 2.11. The van der Waals surface area contributed by atoms with Crippen molar-refractivity contribution in [1.82, 2.24) is 19.9 Å². The Morgan fingerprint density at radius 1 is 1.11 bits per heavy atom. The van der Waals surface area contributed by atoms with Crippen LogP contribution in [0.25, 0.3) is 22.6 Å². The van der Waals surface area contributed by atoms with Crippen LogP contribution in [-0.2, 0) is 6.42 Å². The van der Waals surface area contributed by atoms with Gasteiger partial charge in [-0.3, -0.25) is 0 Å². The molecule has 0 fully saturated rings. The van der Waals surface area contributed by atoms with Crippen LogP contribution >= 0.6 is 0 Å². The standard InChI is InChI=1S/C19H18N6O2/c1-26-13-6-4-12(5-7-13)8-9-21-19-24-17(20)16-18(25-19)22-11-14(23-16)15-3-2-10-27-15/h2-7,10-11H,8-9H2,1H3,(H3,20,21,22,24,25). The van der Waals surface area contributed by atoms with Gasteiger partial charge >= 0.3 is 0 Å². The molecule has 8 heteroatoms. The second-order valence-corrected chi connectivity index (χ2v) is 5.86. The first-order chi connectivity index (χ1) is 13.2. The van der Waals surface area contributed by atoms with Crippen LogP contribution in [0.5, 0.6) is 5.75 Å². The summed E-state index contributed by atoms with van der Waals surface area (Å²) in [5, 5.41) is 3.18. The SMILES string of the molecule is COc1ccc(CCNc2nc(N)c3nc(-c4ccco4)cnc3n2)cc1. The number of nitrogens with one attached hydrogen (secondary N) is 1. The van der Waals surface area contributed by atoms with E-state index in [1.54, 1.807) is 25.6 Å². The van der Waals surface area contributed by atoms with Crippen molar-refractivity contribution in [2.45, 2.75) is 6.42 Å². The number of aromatic nitrogens is 4. The number of hydrogen-bond acceptors (Lipinski definition) is 8. The lowest BCUT2D eigenvalue weighted by Crippen LogP contribution is -2.10. The van der Waals surface area contributed by atoms with Crippen LogP contribution in [0.2, 0.25) is 0 Å². The van der Waals surface area contributed by atoms with Crippen molar-refractivity contribution >= 4 is 22.9 Å². The van der Waals surface area contributed by atoms with E-state index < -0.39 is 0 Å². The number of hydrogen-bond donors (Lipinski definition) is 2. The first-order valence-electron chi connectivity index (χ1n) is 8.44. The van der Waals surface area contributed by atoms with Gasteiger partial charge in [-0.15, -0.1) is 0 Å². The van der Waals surface area contributed by atoms with E-state index in [-0.39, 0.29) is 5.82 Å². The van der Waals surface area contributed by atoms with Gasteiger partial charge in [-0.05, 0) is 36.2 Å². The van der Waals surface area contributed by atoms with Crippen molar-refractivity contribution in [3.63, 3.8) is 0 Å². The lowest BCUT2D eigenvalue weighted by Gasteiger charge is -2.08. The molecule has 3 aromatic heterocycles. The smallest absolute Gasteiger partial charge is 0.226 e. The summed E-state index contributed by atoms with van der Waals surface area (Å²) >= 11 is 0. The zero-order valence-electron chi connectivity index (χ0n) is 14.7. The summed E-state index contributed by atoms with van der Waals surface area (Å²) in [4.78, 5) is 17.5. The molecule has 4 aromatic rings. The van der Waals surface area contributed by atoms with Crippen molar-refractivity contribution in [2.24, 2.45) is 0 Å². The van der Waals surface area contributed by atoms with Gasteiger partial charge in [0, 0.05) is 6.54 Å². The Hall–Kier alpha value is -3.68. The quantitative estimate of drug-likeness (QED) is 0.538. The number of nitrogens with two attached hydrogens (primary N) is 1. The molecule has 3 N–H and O–H groups in total. The number of rotatable bonds is 6. The number of benzene rings is 1. The third-order valence-corrected chi connectivity index (χ3v) is 4.06. The first-order valence-corrected chi connectivity index (χ1v) is 8.44. The predicted octanol–water partition coefficient (Wildman–Crippen LogP) is 2.93. The monoisotopic (exact) mass is 362 g/mol. The molecule has 4 rings (SSSR count). The summed E-state index contributed by atoms with van der Waals surface area (Å²) in [6.07, 6.45) is 4.00. The number of fused-ring (bicyclic) bond motifs is 1. The van der Waals surface area contributed by atoms with Gasteiger partial charge in [-0.2, -0.15) is 9.97 Å². The number of methoxy groups -OCH3 is 1. The summed E-state index contributed by atoms with van der Waals surface area (Å²) in [6, 6.07) is 11.5. The van der Waals surface area contributed by atoms with Crippen LogP contribution in [0.4, 0.5) is 11.8 Å². The van der Waals surface area contributed by atoms with Crippen molar-refractivity contribution < 1.29 is 9.15 Å². The fourth-order valence-electron chi connectivity index (χ4n) is 2.66. The molecule has 0 bridgehead atoms. The summed E-state index contributed by atoms with van der Waals surface area (Å²) in [5.41, 5.74) is 8.71. The second kappa shape index (κ2) is 7.28. The number of ether oxygens (including phenoxy) is 1. The van der Waals surface area contributed by atoms with Gasteiger partial charge in [0.05, 0.1) is 19.6 Å². The van der Waals surface area contributed by atoms with E-state index in [1.165, 1.54) is 5.56 Å². The molecule has 0 saturated carbocycles. The third kappa shape index (κ3) is 3.64. The Labute approximate surface area is 155 Å². The Bertz CT molecular complexity index is 1050. The summed E-state index contributed by atoms with van der Waals surface area (Å²) < 4.78 is 10.5. The van der Waals surface area contributed by atoms with Gasteiger partial charge in [-0.25, -0.2) is 9.97 Å². The van der Waals surface area contributed by atoms with Crippen LogP contribution in [0.15, 0.2) is 53.3 Å². The van der Waals surface area contributed by atoms with Crippen molar-refractivity contribution in [2.75, 3.05) is 24.7 Å². The molecule has 0 aliphatic carbocycles. The molecular formula is C19H18N6O2. The number of nitrogens with zero attached hydrogens (tertiary/aromatic N) is 4. The largest absolute Gasteiger partial charge is 0.497 e. The highest BCUT2D eigenvalue weighted by Crippen LogP contribution is 2.22.